The molecule has 0 amide bonds. The van der Waals surface area contributed by atoms with Gasteiger partial charge < -0.3 is 0 Å². The molecule has 3 aromatic rings. The molecule has 0 spiro atoms. The lowest BCUT2D eigenvalue weighted by Gasteiger charge is -2.24. The SMILES string of the molecule is [PH2+]=N[Si](c1ccccc1)(c1ccccc1)c1ccccc1. The van der Waals surface area contributed by atoms with E-state index in [-0.39, 0.29) is 0 Å². The number of nitrogens with zero attached hydrogens (tertiary/aromatic N) is 1. The van der Waals surface area contributed by atoms with Crippen LogP contribution in [0.4, 0.5) is 0 Å². The summed E-state index contributed by atoms with van der Waals surface area (Å²) in [5, 5.41) is 3.91. The van der Waals surface area contributed by atoms with E-state index in [0.717, 1.165) is 0 Å². The lowest BCUT2D eigenvalue weighted by atomic mass is 10.3. The first-order valence-corrected chi connectivity index (χ1v) is 9.43. The number of rotatable bonds is 4. The van der Waals surface area contributed by atoms with Gasteiger partial charge in [0.25, 0.3) is 0 Å². The van der Waals surface area contributed by atoms with Gasteiger partial charge in [-0.3, -0.25) is 0 Å². The molecule has 3 rings (SSSR count). The van der Waals surface area contributed by atoms with Crippen molar-refractivity contribution in [3.8, 4) is 0 Å². The van der Waals surface area contributed by atoms with Gasteiger partial charge in [-0.05, 0) is 15.6 Å². The van der Waals surface area contributed by atoms with Crippen LogP contribution in [0.1, 0.15) is 0 Å². The summed E-state index contributed by atoms with van der Waals surface area (Å²) < 4.78 is 4.89. The van der Waals surface area contributed by atoms with Crippen LogP contribution in [-0.4, -0.2) is 8.24 Å². The van der Waals surface area contributed by atoms with Crippen molar-refractivity contribution >= 4 is 32.8 Å². The standard InChI is InChI=1S/C18H16NPSi/c20-19-21(16-10-4-1-5-11-16,17-12-6-2-7-13-17)18-14-8-3-9-15-18/h1-15,20H/p+1. The predicted octanol–water partition coefficient (Wildman–Crippen LogP) is 2.71. The van der Waals surface area contributed by atoms with E-state index in [1.165, 1.54) is 15.6 Å². The highest BCUT2D eigenvalue weighted by Gasteiger charge is 2.42. The van der Waals surface area contributed by atoms with Crippen LogP contribution in [-0.2, 0) is 0 Å². The van der Waals surface area contributed by atoms with E-state index in [9.17, 15) is 0 Å². The van der Waals surface area contributed by atoms with Gasteiger partial charge in [0.05, 0.1) is 0 Å². The van der Waals surface area contributed by atoms with Crippen LogP contribution >= 0.6 is 9.03 Å². The van der Waals surface area contributed by atoms with Crippen molar-refractivity contribution in [2.75, 3.05) is 0 Å². The molecule has 0 fully saturated rings. The Morgan fingerprint density at radius 2 is 0.810 bits per heavy atom. The van der Waals surface area contributed by atoms with Crippen LogP contribution < -0.4 is 15.6 Å². The first-order chi connectivity index (χ1) is 10.4. The van der Waals surface area contributed by atoms with Crippen molar-refractivity contribution in [3.05, 3.63) is 91.0 Å². The van der Waals surface area contributed by atoms with E-state index in [0.29, 0.717) is 0 Å². The van der Waals surface area contributed by atoms with E-state index in [1.54, 1.807) is 0 Å². The number of hydrogen-bond donors (Lipinski definition) is 0. The van der Waals surface area contributed by atoms with E-state index in [4.69, 9.17) is 4.41 Å². The molecule has 3 aromatic carbocycles. The molecular weight excluding hydrogens is 289 g/mol. The third-order valence-corrected chi connectivity index (χ3v) is 8.82. The predicted molar refractivity (Wildman–Crippen MR) is 96.1 cm³/mol. The Morgan fingerprint density at radius 1 is 0.524 bits per heavy atom. The minimum atomic E-state index is -2.31. The van der Waals surface area contributed by atoms with E-state index in [2.05, 4.69) is 100 Å². The second-order valence-corrected chi connectivity index (χ2v) is 9.12. The maximum atomic E-state index is 4.89. The summed E-state index contributed by atoms with van der Waals surface area (Å²) in [7, 11) is 0.320. The van der Waals surface area contributed by atoms with Crippen LogP contribution in [0.3, 0.4) is 0 Å². The quantitative estimate of drug-likeness (QED) is 0.399. The van der Waals surface area contributed by atoms with Crippen LogP contribution in [0.15, 0.2) is 95.4 Å². The first kappa shape index (κ1) is 13.9. The molecule has 0 bridgehead atoms. The van der Waals surface area contributed by atoms with Crippen LogP contribution in [0.5, 0.6) is 0 Å². The fraction of sp³-hybridized carbons (Fsp3) is 0. The Bertz CT molecular complexity index is 617. The van der Waals surface area contributed by atoms with Crippen LogP contribution in [0.2, 0.25) is 0 Å². The van der Waals surface area contributed by atoms with Crippen molar-refractivity contribution in [1.82, 2.24) is 0 Å². The summed E-state index contributed by atoms with van der Waals surface area (Å²) in [4.78, 5) is 0. The molecule has 0 radical (unpaired) electrons. The second kappa shape index (κ2) is 6.17. The summed E-state index contributed by atoms with van der Waals surface area (Å²) >= 11 is 0. The van der Waals surface area contributed by atoms with Gasteiger partial charge in [-0.25, -0.2) is 0 Å². The van der Waals surface area contributed by atoms with Crippen molar-refractivity contribution in [3.63, 3.8) is 0 Å². The Kier molecular flexibility index (Phi) is 4.10. The largest absolute Gasteiger partial charge is 0.330 e. The third kappa shape index (κ3) is 2.48. The highest BCUT2D eigenvalue weighted by molar-refractivity contribution is 7.19. The number of benzene rings is 3. The zero-order chi connectivity index (χ0) is 14.5. The average Bonchev–Trinajstić information content (AvgIpc) is 2.59. The van der Waals surface area contributed by atoms with E-state index < -0.39 is 8.24 Å². The topological polar surface area (TPSA) is 12.4 Å². The summed E-state index contributed by atoms with van der Waals surface area (Å²) in [5.74, 6) is 0. The van der Waals surface area contributed by atoms with Crippen molar-refractivity contribution in [1.29, 1.82) is 0 Å². The van der Waals surface area contributed by atoms with E-state index in [1.807, 2.05) is 0 Å². The van der Waals surface area contributed by atoms with Gasteiger partial charge >= 0.3 is 8.24 Å². The summed E-state index contributed by atoms with van der Waals surface area (Å²) in [5.41, 5.74) is 0. The van der Waals surface area contributed by atoms with Crippen molar-refractivity contribution in [2.45, 2.75) is 0 Å². The molecule has 3 heteroatoms. The Balaban J connectivity index is 2.31. The summed E-state index contributed by atoms with van der Waals surface area (Å²) in [6, 6.07) is 31.9. The normalized spacial score (nSPS) is 11.0. The van der Waals surface area contributed by atoms with Crippen molar-refractivity contribution in [2.24, 2.45) is 4.41 Å². The van der Waals surface area contributed by atoms with Gasteiger partial charge in [0.2, 0.25) is 0 Å². The maximum absolute atomic E-state index is 4.89. The number of hydrogen-bond acceptors (Lipinski definition) is 1. The van der Waals surface area contributed by atoms with Gasteiger partial charge in [0.15, 0.2) is 9.03 Å². The lowest BCUT2D eigenvalue weighted by molar-refractivity contribution is 1.63. The minimum absolute atomic E-state index is 1.30. The maximum Gasteiger partial charge on any atom is 0.330 e. The average molecular weight is 306 g/mol. The molecule has 1 atom stereocenters. The molecular formula is C18H17NPSi+. The summed E-state index contributed by atoms with van der Waals surface area (Å²) in [6.45, 7) is 0. The molecule has 1 unspecified atom stereocenters. The Labute approximate surface area is 128 Å². The molecule has 0 aliphatic carbocycles. The molecule has 0 aliphatic heterocycles. The van der Waals surface area contributed by atoms with Gasteiger partial charge in [-0.15, -0.1) is 4.41 Å². The van der Waals surface area contributed by atoms with Gasteiger partial charge in [-0.2, -0.15) is 0 Å². The highest BCUT2D eigenvalue weighted by atomic mass is 31.0. The van der Waals surface area contributed by atoms with Gasteiger partial charge in [-0.1, -0.05) is 91.0 Å². The molecule has 1 nitrogen and oxygen atoms in total. The fourth-order valence-corrected chi connectivity index (χ4v) is 7.58. The Hall–Kier alpha value is -2.02. The highest BCUT2D eigenvalue weighted by Crippen LogP contribution is 2.10. The molecule has 0 saturated carbocycles. The molecule has 0 aliphatic rings. The minimum Gasteiger partial charge on any atom is -0.147 e. The monoisotopic (exact) mass is 306 g/mol. The molecule has 102 valence electrons. The molecule has 0 saturated heterocycles. The van der Waals surface area contributed by atoms with Crippen molar-refractivity contribution < 1.29 is 0 Å². The zero-order valence-corrected chi connectivity index (χ0v) is 13.8. The van der Waals surface area contributed by atoms with Crippen LogP contribution in [0.25, 0.3) is 0 Å². The van der Waals surface area contributed by atoms with E-state index >= 15 is 0 Å². The second-order valence-electron chi connectivity index (χ2n) is 4.94. The summed E-state index contributed by atoms with van der Waals surface area (Å²) in [6.07, 6.45) is 0. The van der Waals surface area contributed by atoms with Gasteiger partial charge in [0.1, 0.15) is 0 Å². The lowest BCUT2D eigenvalue weighted by Crippen LogP contribution is -2.65. The molecule has 0 heterocycles. The first-order valence-electron chi connectivity index (χ1n) is 6.96. The fourth-order valence-electron chi connectivity index (χ4n) is 2.76. The molecule has 0 aromatic heterocycles. The Morgan fingerprint density at radius 3 is 1.05 bits per heavy atom. The van der Waals surface area contributed by atoms with Crippen LogP contribution in [0, 0.1) is 0 Å². The molecule has 21 heavy (non-hydrogen) atoms. The zero-order valence-electron chi connectivity index (χ0n) is 11.7. The molecule has 0 N–H and O–H groups in total. The smallest absolute Gasteiger partial charge is 0.147 e. The third-order valence-electron chi connectivity index (χ3n) is 3.77. The van der Waals surface area contributed by atoms with Gasteiger partial charge in [0, 0.05) is 0 Å².